The molecule has 25 heavy (non-hydrogen) atoms. The van der Waals surface area contributed by atoms with Crippen molar-refractivity contribution >= 4 is 28.7 Å². The van der Waals surface area contributed by atoms with Gasteiger partial charge in [0.2, 0.25) is 5.91 Å². The van der Waals surface area contributed by atoms with E-state index in [2.05, 4.69) is 10.3 Å². The number of carbonyl (C=O) groups excluding carboxylic acids is 2. The number of aromatic nitrogens is 1. The first-order chi connectivity index (χ1) is 11.7. The minimum absolute atomic E-state index is 0.110. The van der Waals surface area contributed by atoms with Crippen LogP contribution in [0.4, 0.5) is 0 Å². The quantitative estimate of drug-likeness (QED) is 0.743. The highest BCUT2D eigenvalue weighted by Gasteiger charge is 2.27. The highest BCUT2D eigenvalue weighted by atomic mass is 16.4. The van der Waals surface area contributed by atoms with E-state index in [9.17, 15) is 19.5 Å². The van der Waals surface area contributed by atoms with Gasteiger partial charge in [0.15, 0.2) is 0 Å². The number of hydrogen-bond acceptors (Lipinski definition) is 3. The summed E-state index contributed by atoms with van der Waals surface area (Å²) in [6, 6.07) is 4.71. The molecule has 0 aliphatic carbocycles. The Kier molecular flexibility index (Phi) is 5.46. The summed E-state index contributed by atoms with van der Waals surface area (Å²) in [5.41, 5.74) is 3.29. The van der Waals surface area contributed by atoms with Gasteiger partial charge in [-0.3, -0.25) is 9.59 Å². The monoisotopic (exact) mass is 345 g/mol. The van der Waals surface area contributed by atoms with Gasteiger partial charge in [-0.2, -0.15) is 0 Å². The van der Waals surface area contributed by atoms with Gasteiger partial charge < -0.3 is 20.3 Å². The molecule has 3 N–H and O–H groups in total. The maximum absolute atomic E-state index is 12.9. The first kappa shape index (κ1) is 18.5. The van der Waals surface area contributed by atoms with E-state index < -0.39 is 17.9 Å². The minimum atomic E-state index is -1.10. The maximum Gasteiger partial charge on any atom is 0.326 e. The smallest absolute Gasteiger partial charge is 0.326 e. The lowest BCUT2D eigenvalue weighted by molar-refractivity contribution is -0.141. The van der Waals surface area contributed by atoms with Crippen LogP contribution in [0.2, 0.25) is 0 Å². The molecule has 1 atom stereocenters. The molecule has 1 aromatic carbocycles. The van der Waals surface area contributed by atoms with Crippen LogP contribution in [0.15, 0.2) is 18.2 Å². The summed E-state index contributed by atoms with van der Waals surface area (Å²) in [5, 5.41) is 12.8. The number of fused-ring (bicyclic) bond motifs is 1. The van der Waals surface area contributed by atoms with E-state index in [1.54, 1.807) is 6.07 Å². The van der Waals surface area contributed by atoms with Crippen molar-refractivity contribution in [2.75, 3.05) is 13.1 Å². The van der Waals surface area contributed by atoms with E-state index in [1.807, 2.05) is 26.0 Å². The van der Waals surface area contributed by atoms with E-state index in [0.29, 0.717) is 5.69 Å². The average molecular weight is 345 g/mol. The second-order valence-corrected chi connectivity index (χ2v) is 6.22. The molecule has 1 aromatic heterocycles. The number of carbonyl (C=O) groups is 3. The lowest BCUT2D eigenvalue weighted by Gasteiger charge is -2.26. The van der Waals surface area contributed by atoms with Crippen molar-refractivity contribution in [1.82, 2.24) is 15.2 Å². The Morgan fingerprint density at radius 2 is 1.92 bits per heavy atom. The van der Waals surface area contributed by atoms with Crippen molar-refractivity contribution in [3.05, 3.63) is 35.0 Å². The number of rotatable bonds is 6. The lowest BCUT2D eigenvalue weighted by atomic mass is 10.1. The highest BCUT2D eigenvalue weighted by molar-refractivity contribution is 6.00. The Hall–Kier alpha value is -2.83. The molecule has 0 fully saturated rings. The second kappa shape index (κ2) is 7.38. The van der Waals surface area contributed by atoms with Gasteiger partial charge in [-0.1, -0.05) is 6.07 Å². The van der Waals surface area contributed by atoms with Crippen LogP contribution in [0.5, 0.6) is 0 Å². The topological polar surface area (TPSA) is 103 Å². The van der Waals surface area contributed by atoms with Crippen LogP contribution in [0.25, 0.3) is 10.9 Å². The Morgan fingerprint density at radius 1 is 1.24 bits per heavy atom. The van der Waals surface area contributed by atoms with Crippen LogP contribution in [0.3, 0.4) is 0 Å². The molecule has 0 aliphatic heterocycles. The minimum Gasteiger partial charge on any atom is -0.480 e. The number of nitrogens with zero attached hydrogens (tertiary/aromatic N) is 1. The van der Waals surface area contributed by atoms with Crippen molar-refractivity contribution in [1.29, 1.82) is 0 Å². The molecule has 0 aliphatic rings. The van der Waals surface area contributed by atoms with Gasteiger partial charge in [0.1, 0.15) is 11.7 Å². The number of carboxylic acids is 1. The van der Waals surface area contributed by atoms with E-state index in [0.717, 1.165) is 22.0 Å². The number of hydrogen-bond donors (Lipinski definition) is 3. The fourth-order valence-electron chi connectivity index (χ4n) is 2.83. The zero-order valence-corrected chi connectivity index (χ0v) is 14.8. The predicted molar refractivity (Wildman–Crippen MR) is 94.6 cm³/mol. The third-order valence-corrected chi connectivity index (χ3v) is 4.13. The molecule has 134 valence electrons. The molecular weight excluding hydrogens is 322 g/mol. The fourth-order valence-corrected chi connectivity index (χ4v) is 2.83. The molecule has 0 radical (unpaired) electrons. The third-order valence-electron chi connectivity index (χ3n) is 4.13. The molecule has 0 saturated heterocycles. The molecule has 0 saturated carbocycles. The molecule has 7 nitrogen and oxygen atoms in total. The number of benzene rings is 1. The zero-order chi connectivity index (χ0) is 18.7. The normalized spacial score (nSPS) is 12.0. The molecule has 1 unspecified atom stereocenters. The molecule has 1 heterocycles. The van der Waals surface area contributed by atoms with Crippen molar-refractivity contribution in [2.45, 2.75) is 33.7 Å². The number of carboxylic acid groups (broad SMARTS) is 1. The van der Waals surface area contributed by atoms with Crippen LogP contribution >= 0.6 is 0 Å². The second-order valence-electron chi connectivity index (χ2n) is 6.22. The molecular formula is C18H23N3O4. The highest BCUT2D eigenvalue weighted by Crippen LogP contribution is 2.22. The first-order valence-corrected chi connectivity index (χ1v) is 8.09. The van der Waals surface area contributed by atoms with Crippen LogP contribution < -0.4 is 5.32 Å². The van der Waals surface area contributed by atoms with Crippen LogP contribution in [-0.4, -0.2) is 51.9 Å². The molecule has 0 spiro atoms. The average Bonchev–Trinajstić information content (AvgIpc) is 2.94. The van der Waals surface area contributed by atoms with E-state index >= 15 is 0 Å². The van der Waals surface area contributed by atoms with Gasteiger partial charge in [0.25, 0.3) is 5.91 Å². The van der Waals surface area contributed by atoms with Gasteiger partial charge in [-0.25, -0.2) is 4.79 Å². The van der Waals surface area contributed by atoms with Crippen molar-refractivity contribution in [3.63, 3.8) is 0 Å². The van der Waals surface area contributed by atoms with Gasteiger partial charge in [0, 0.05) is 30.9 Å². The summed E-state index contributed by atoms with van der Waals surface area (Å²) in [7, 11) is 0. The van der Waals surface area contributed by atoms with Crippen molar-refractivity contribution in [3.8, 4) is 0 Å². The SMILES string of the molecule is CC(=O)NCCN(C(=O)c1cc2c(C)cc(C)cc2[nH]1)C(C)C(=O)O. The summed E-state index contributed by atoms with van der Waals surface area (Å²) in [5.74, 6) is -1.74. The van der Waals surface area contributed by atoms with Crippen molar-refractivity contribution in [2.24, 2.45) is 0 Å². The summed E-state index contributed by atoms with van der Waals surface area (Å²) >= 11 is 0. The van der Waals surface area contributed by atoms with E-state index in [-0.39, 0.29) is 19.0 Å². The van der Waals surface area contributed by atoms with Gasteiger partial charge in [-0.15, -0.1) is 0 Å². The van der Waals surface area contributed by atoms with Crippen molar-refractivity contribution < 1.29 is 19.5 Å². The first-order valence-electron chi connectivity index (χ1n) is 8.09. The number of H-pyrrole nitrogens is 1. The van der Waals surface area contributed by atoms with Crippen LogP contribution in [-0.2, 0) is 9.59 Å². The standard InChI is InChI=1S/C18H23N3O4/c1-10-7-11(2)14-9-16(20-15(14)8-10)17(23)21(12(3)18(24)25)6-5-19-13(4)22/h7-9,12,20H,5-6H2,1-4H3,(H,19,22)(H,24,25). The molecule has 2 amide bonds. The Labute approximate surface area is 146 Å². The Morgan fingerprint density at radius 3 is 2.52 bits per heavy atom. The zero-order valence-electron chi connectivity index (χ0n) is 14.8. The summed E-state index contributed by atoms with van der Waals surface area (Å²) in [6.45, 7) is 7.06. The number of aliphatic carboxylic acids is 1. The predicted octanol–water partition coefficient (Wildman–Crippen LogP) is 1.84. The fraction of sp³-hybridized carbons (Fsp3) is 0.389. The molecule has 2 rings (SSSR count). The van der Waals surface area contributed by atoms with Gasteiger partial charge in [0.05, 0.1) is 0 Å². The lowest BCUT2D eigenvalue weighted by Crippen LogP contribution is -2.46. The third kappa shape index (κ3) is 4.17. The summed E-state index contributed by atoms with van der Waals surface area (Å²) in [6.07, 6.45) is 0. The van der Waals surface area contributed by atoms with E-state index in [1.165, 1.54) is 18.7 Å². The summed E-state index contributed by atoms with van der Waals surface area (Å²) in [4.78, 5) is 39.5. The molecule has 2 aromatic rings. The Bertz CT molecular complexity index is 825. The molecule has 7 heteroatoms. The van der Waals surface area contributed by atoms with Crippen LogP contribution in [0.1, 0.15) is 35.5 Å². The number of nitrogens with one attached hydrogen (secondary N) is 2. The van der Waals surface area contributed by atoms with Crippen LogP contribution in [0, 0.1) is 13.8 Å². The Balaban J connectivity index is 2.33. The van der Waals surface area contributed by atoms with Gasteiger partial charge >= 0.3 is 5.97 Å². The summed E-state index contributed by atoms with van der Waals surface area (Å²) < 4.78 is 0. The molecule has 0 bridgehead atoms. The number of aromatic amines is 1. The maximum atomic E-state index is 12.9. The largest absolute Gasteiger partial charge is 0.480 e. The number of aryl methyl sites for hydroxylation is 2. The van der Waals surface area contributed by atoms with Gasteiger partial charge in [-0.05, 0) is 44.0 Å². The number of amides is 2. The van der Waals surface area contributed by atoms with E-state index in [4.69, 9.17) is 0 Å².